The molecule has 24 heavy (non-hydrogen) atoms. The zero-order valence-corrected chi connectivity index (χ0v) is 14.8. The second kappa shape index (κ2) is 8.38. The van der Waals surface area contributed by atoms with Crippen LogP contribution in [0.25, 0.3) is 0 Å². The second-order valence-corrected chi connectivity index (χ2v) is 7.22. The third kappa shape index (κ3) is 3.96. The van der Waals surface area contributed by atoms with E-state index in [1.807, 2.05) is 0 Å². The molecule has 0 spiro atoms. The van der Waals surface area contributed by atoms with E-state index in [1.165, 1.54) is 19.3 Å². The Labute approximate surface area is 144 Å². The van der Waals surface area contributed by atoms with Gasteiger partial charge in [0.25, 0.3) is 0 Å². The molecule has 2 aliphatic rings. The van der Waals surface area contributed by atoms with E-state index in [1.54, 1.807) is 0 Å². The number of rotatable bonds is 6. The van der Waals surface area contributed by atoms with Gasteiger partial charge in [0.1, 0.15) is 11.6 Å². The summed E-state index contributed by atoms with van der Waals surface area (Å²) >= 11 is 0. The highest BCUT2D eigenvalue weighted by Gasteiger charge is 2.29. The lowest BCUT2D eigenvalue weighted by Gasteiger charge is -2.36. The molecule has 0 aromatic carbocycles. The second-order valence-electron chi connectivity index (χ2n) is 7.22. The smallest absolute Gasteiger partial charge is 0.146 e. The Morgan fingerprint density at radius 2 is 1.79 bits per heavy atom. The predicted molar refractivity (Wildman–Crippen MR) is 91.6 cm³/mol. The molecular weight excluding hydrogens is 306 g/mol. The van der Waals surface area contributed by atoms with Gasteiger partial charge in [0.15, 0.2) is 0 Å². The Hall–Kier alpha value is -1.02. The molecule has 7 nitrogen and oxygen atoms in total. The first-order valence-electron chi connectivity index (χ1n) is 9.29. The molecule has 1 atom stereocenters. The van der Waals surface area contributed by atoms with Gasteiger partial charge < -0.3 is 14.8 Å². The van der Waals surface area contributed by atoms with E-state index < -0.39 is 0 Å². The van der Waals surface area contributed by atoms with Crippen molar-refractivity contribution in [1.29, 1.82) is 0 Å². The number of aromatic nitrogens is 3. The van der Waals surface area contributed by atoms with Crippen LogP contribution in [0.2, 0.25) is 0 Å². The van der Waals surface area contributed by atoms with Crippen molar-refractivity contribution in [2.75, 3.05) is 39.4 Å². The first-order chi connectivity index (χ1) is 11.7. The van der Waals surface area contributed by atoms with Crippen molar-refractivity contribution in [2.45, 2.75) is 50.6 Å². The van der Waals surface area contributed by atoms with Crippen molar-refractivity contribution in [3.05, 3.63) is 11.6 Å². The van der Waals surface area contributed by atoms with Gasteiger partial charge in [-0.3, -0.25) is 9.80 Å². The number of likely N-dealkylation sites (tertiary alicyclic amines) is 2. The van der Waals surface area contributed by atoms with Crippen LogP contribution in [0.15, 0.2) is 0 Å². The normalized spacial score (nSPS) is 23.9. The fraction of sp³-hybridized carbons (Fsp3) is 0.882. The van der Waals surface area contributed by atoms with E-state index in [4.69, 9.17) is 0 Å². The van der Waals surface area contributed by atoms with E-state index >= 15 is 0 Å². The maximum atomic E-state index is 9.44. The SMILES string of the molecule is Cn1c(CN2CCCCC2)nnc1[C@@H]1CCCN(C(CO)CO)C1. The number of aliphatic hydroxyl groups is 2. The molecule has 136 valence electrons. The van der Waals surface area contributed by atoms with Crippen LogP contribution in [-0.4, -0.2) is 80.2 Å². The number of hydrogen-bond donors (Lipinski definition) is 2. The van der Waals surface area contributed by atoms with Crippen LogP contribution in [0, 0.1) is 0 Å². The summed E-state index contributed by atoms with van der Waals surface area (Å²) in [5, 5.41) is 27.8. The quantitative estimate of drug-likeness (QED) is 0.779. The number of piperidine rings is 2. The average molecular weight is 337 g/mol. The van der Waals surface area contributed by atoms with Gasteiger partial charge in [-0.05, 0) is 45.3 Å². The van der Waals surface area contributed by atoms with E-state index in [-0.39, 0.29) is 19.3 Å². The minimum atomic E-state index is -0.158. The zero-order chi connectivity index (χ0) is 16.9. The summed E-state index contributed by atoms with van der Waals surface area (Å²) in [6.45, 7) is 4.98. The van der Waals surface area contributed by atoms with Crippen molar-refractivity contribution in [1.82, 2.24) is 24.6 Å². The Morgan fingerprint density at radius 3 is 2.50 bits per heavy atom. The summed E-state index contributed by atoms with van der Waals surface area (Å²) in [4.78, 5) is 4.66. The summed E-state index contributed by atoms with van der Waals surface area (Å²) in [7, 11) is 2.07. The summed E-state index contributed by atoms with van der Waals surface area (Å²) in [5.74, 6) is 2.41. The summed E-state index contributed by atoms with van der Waals surface area (Å²) < 4.78 is 2.16. The van der Waals surface area contributed by atoms with Crippen LogP contribution in [0.4, 0.5) is 0 Å². The van der Waals surface area contributed by atoms with Crippen molar-refractivity contribution in [2.24, 2.45) is 7.05 Å². The van der Waals surface area contributed by atoms with E-state index in [2.05, 4.69) is 31.6 Å². The highest BCUT2D eigenvalue weighted by atomic mass is 16.3. The lowest BCUT2D eigenvalue weighted by molar-refractivity contribution is 0.0537. The molecule has 0 unspecified atom stereocenters. The van der Waals surface area contributed by atoms with Crippen LogP contribution in [0.5, 0.6) is 0 Å². The predicted octanol–water partition coefficient (Wildman–Crippen LogP) is 0.334. The number of aliphatic hydroxyl groups excluding tert-OH is 2. The van der Waals surface area contributed by atoms with E-state index in [0.29, 0.717) is 5.92 Å². The summed E-state index contributed by atoms with van der Waals surface area (Å²) in [5.41, 5.74) is 0. The minimum absolute atomic E-state index is 0.00223. The van der Waals surface area contributed by atoms with Gasteiger partial charge >= 0.3 is 0 Å². The Bertz CT molecular complexity index is 511. The molecule has 2 saturated heterocycles. The van der Waals surface area contributed by atoms with Crippen LogP contribution in [0.3, 0.4) is 0 Å². The fourth-order valence-corrected chi connectivity index (χ4v) is 4.02. The lowest BCUT2D eigenvalue weighted by atomic mass is 9.96. The van der Waals surface area contributed by atoms with Gasteiger partial charge in [-0.15, -0.1) is 10.2 Å². The van der Waals surface area contributed by atoms with Crippen LogP contribution < -0.4 is 0 Å². The van der Waals surface area contributed by atoms with Gasteiger partial charge in [-0.1, -0.05) is 6.42 Å². The van der Waals surface area contributed by atoms with E-state index in [9.17, 15) is 10.2 Å². The highest BCUT2D eigenvalue weighted by Crippen LogP contribution is 2.27. The number of hydrogen-bond acceptors (Lipinski definition) is 6. The highest BCUT2D eigenvalue weighted by molar-refractivity contribution is 5.04. The molecule has 3 rings (SSSR count). The van der Waals surface area contributed by atoms with Gasteiger partial charge in [0, 0.05) is 19.5 Å². The molecule has 2 fully saturated rings. The topological polar surface area (TPSA) is 77.7 Å². The molecule has 3 heterocycles. The maximum absolute atomic E-state index is 9.44. The summed E-state index contributed by atoms with van der Waals surface area (Å²) in [6.07, 6.45) is 6.07. The Morgan fingerprint density at radius 1 is 1.04 bits per heavy atom. The third-order valence-electron chi connectivity index (χ3n) is 5.57. The molecule has 2 aliphatic heterocycles. The standard InChI is InChI=1S/C17H31N5O2/c1-20-16(11-21-7-3-2-4-8-21)18-19-17(20)14-6-5-9-22(10-14)15(12-23)13-24/h14-15,23-24H,2-13H2,1H3/t14-/m1/s1. The van der Waals surface area contributed by atoms with Gasteiger partial charge in [-0.2, -0.15) is 0 Å². The molecular formula is C17H31N5O2. The van der Waals surface area contributed by atoms with Gasteiger partial charge in [0.05, 0.1) is 25.8 Å². The van der Waals surface area contributed by atoms with Gasteiger partial charge in [0.2, 0.25) is 0 Å². The van der Waals surface area contributed by atoms with Crippen molar-refractivity contribution in [3.8, 4) is 0 Å². The minimum Gasteiger partial charge on any atom is -0.395 e. The largest absolute Gasteiger partial charge is 0.395 e. The maximum Gasteiger partial charge on any atom is 0.146 e. The van der Waals surface area contributed by atoms with Crippen molar-refractivity contribution < 1.29 is 10.2 Å². The molecule has 2 N–H and O–H groups in total. The molecule has 0 aliphatic carbocycles. The van der Waals surface area contributed by atoms with E-state index in [0.717, 1.165) is 57.2 Å². The average Bonchev–Trinajstić information content (AvgIpc) is 2.98. The van der Waals surface area contributed by atoms with Crippen molar-refractivity contribution >= 4 is 0 Å². The van der Waals surface area contributed by atoms with Crippen LogP contribution in [0.1, 0.15) is 49.7 Å². The monoisotopic (exact) mass is 337 g/mol. The molecule has 0 amide bonds. The lowest BCUT2D eigenvalue weighted by Crippen LogP contribution is -2.46. The Balaban J connectivity index is 1.66. The van der Waals surface area contributed by atoms with Crippen LogP contribution in [-0.2, 0) is 13.6 Å². The Kier molecular flexibility index (Phi) is 6.21. The molecule has 1 aromatic rings. The molecule has 0 radical (unpaired) electrons. The van der Waals surface area contributed by atoms with Crippen LogP contribution >= 0.6 is 0 Å². The molecule has 7 heteroatoms. The molecule has 0 saturated carbocycles. The first kappa shape index (κ1) is 17.8. The van der Waals surface area contributed by atoms with Gasteiger partial charge in [-0.25, -0.2) is 0 Å². The molecule has 0 bridgehead atoms. The molecule has 1 aromatic heterocycles. The first-order valence-corrected chi connectivity index (χ1v) is 9.29. The fourth-order valence-electron chi connectivity index (χ4n) is 4.02. The summed E-state index contributed by atoms with van der Waals surface area (Å²) in [6, 6.07) is -0.158. The third-order valence-corrected chi connectivity index (χ3v) is 5.57. The number of nitrogens with zero attached hydrogens (tertiary/aromatic N) is 5. The zero-order valence-electron chi connectivity index (χ0n) is 14.8. The van der Waals surface area contributed by atoms with Crippen molar-refractivity contribution in [3.63, 3.8) is 0 Å².